The lowest BCUT2D eigenvalue weighted by Gasteiger charge is -2.07. The van der Waals surface area contributed by atoms with Gasteiger partial charge in [-0.25, -0.2) is 9.97 Å². The van der Waals surface area contributed by atoms with Crippen molar-refractivity contribution in [1.29, 1.82) is 0 Å². The van der Waals surface area contributed by atoms with E-state index in [1.165, 1.54) is 10.4 Å². The van der Waals surface area contributed by atoms with E-state index in [4.69, 9.17) is 0 Å². The number of hydrogen-bond acceptors (Lipinski definition) is 4. The highest BCUT2D eigenvalue weighted by Crippen LogP contribution is 2.36. The summed E-state index contributed by atoms with van der Waals surface area (Å²) in [7, 11) is 0. The molecular weight excluding hydrogens is 328 g/mol. The minimum Gasteiger partial charge on any atom is -0.355 e. The molecule has 4 nitrogen and oxygen atoms in total. The zero-order valence-electron chi connectivity index (χ0n) is 13.2. The number of aromatic amines is 1. The molecule has 0 fully saturated rings. The van der Waals surface area contributed by atoms with Gasteiger partial charge in [0.25, 0.3) is 0 Å². The Kier molecular flexibility index (Phi) is 3.24. The Morgan fingerprint density at radius 3 is 2.76 bits per heavy atom. The highest BCUT2D eigenvalue weighted by atomic mass is 32.1. The molecular formula is C20H14N4S. The quantitative estimate of drug-likeness (QED) is 0.450. The average molecular weight is 342 g/mol. The molecule has 0 bridgehead atoms. The van der Waals surface area contributed by atoms with Crippen molar-refractivity contribution >= 4 is 44.0 Å². The first kappa shape index (κ1) is 14.2. The molecule has 0 radical (unpaired) electrons. The van der Waals surface area contributed by atoms with Crippen molar-refractivity contribution in [2.45, 2.75) is 0 Å². The average Bonchev–Trinajstić information content (AvgIpc) is 3.29. The molecule has 0 aliphatic carbocycles. The first-order valence-corrected chi connectivity index (χ1v) is 8.83. The van der Waals surface area contributed by atoms with Crippen molar-refractivity contribution in [1.82, 2.24) is 15.0 Å². The second kappa shape index (κ2) is 5.72. The van der Waals surface area contributed by atoms with E-state index >= 15 is 0 Å². The molecule has 25 heavy (non-hydrogen) atoms. The number of aromatic nitrogens is 3. The Labute approximate surface area is 148 Å². The summed E-state index contributed by atoms with van der Waals surface area (Å²) in [4.78, 5) is 14.2. The third-order valence-corrected chi connectivity index (χ3v) is 5.29. The van der Waals surface area contributed by atoms with E-state index in [-0.39, 0.29) is 0 Å². The summed E-state index contributed by atoms with van der Waals surface area (Å²) in [6.07, 6.45) is 3.56. The van der Waals surface area contributed by atoms with Gasteiger partial charge in [0.15, 0.2) is 0 Å². The highest BCUT2D eigenvalue weighted by Gasteiger charge is 2.09. The van der Waals surface area contributed by atoms with E-state index < -0.39 is 0 Å². The third kappa shape index (κ3) is 2.55. The minimum absolute atomic E-state index is 0.950. The number of imidazole rings is 1. The lowest BCUT2D eigenvalue weighted by molar-refractivity contribution is 1.34. The molecule has 0 saturated heterocycles. The Morgan fingerprint density at radius 1 is 0.920 bits per heavy atom. The van der Waals surface area contributed by atoms with Crippen LogP contribution < -0.4 is 5.32 Å². The first-order chi connectivity index (χ1) is 12.4. The molecule has 0 atom stereocenters. The van der Waals surface area contributed by atoms with Gasteiger partial charge in [0.1, 0.15) is 4.83 Å². The molecule has 0 aliphatic rings. The van der Waals surface area contributed by atoms with Crippen molar-refractivity contribution in [3.05, 3.63) is 73.2 Å². The number of hydrogen-bond donors (Lipinski definition) is 2. The van der Waals surface area contributed by atoms with Gasteiger partial charge in [0.05, 0.1) is 23.0 Å². The van der Waals surface area contributed by atoms with E-state index in [9.17, 15) is 0 Å². The molecule has 5 aromatic rings. The number of rotatable bonds is 3. The van der Waals surface area contributed by atoms with Crippen LogP contribution in [0.15, 0.2) is 73.2 Å². The van der Waals surface area contributed by atoms with Crippen molar-refractivity contribution < 1.29 is 0 Å². The summed E-state index contributed by atoms with van der Waals surface area (Å²) in [6, 6.07) is 20.8. The van der Waals surface area contributed by atoms with Crippen molar-refractivity contribution in [2.75, 3.05) is 5.32 Å². The van der Waals surface area contributed by atoms with Crippen LogP contribution in [-0.4, -0.2) is 15.0 Å². The third-order valence-electron chi connectivity index (χ3n) is 4.19. The van der Waals surface area contributed by atoms with Crippen molar-refractivity contribution in [2.24, 2.45) is 0 Å². The van der Waals surface area contributed by atoms with Crippen LogP contribution in [0.25, 0.3) is 31.7 Å². The number of nitrogens with one attached hydrogen (secondary N) is 2. The zero-order valence-corrected chi connectivity index (χ0v) is 14.0. The summed E-state index contributed by atoms with van der Waals surface area (Å²) in [5.41, 5.74) is 5.27. The topological polar surface area (TPSA) is 53.6 Å². The Balaban J connectivity index is 1.57. The molecule has 2 aromatic carbocycles. The zero-order chi connectivity index (χ0) is 16.6. The van der Waals surface area contributed by atoms with Crippen molar-refractivity contribution in [3.63, 3.8) is 0 Å². The van der Waals surface area contributed by atoms with Gasteiger partial charge in [-0.3, -0.25) is 0 Å². The van der Waals surface area contributed by atoms with Gasteiger partial charge >= 0.3 is 0 Å². The highest BCUT2D eigenvalue weighted by molar-refractivity contribution is 7.21. The Bertz CT molecular complexity index is 1170. The predicted molar refractivity (Wildman–Crippen MR) is 104 cm³/mol. The smallest absolute Gasteiger partial charge is 0.125 e. The Hall–Kier alpha value is -3.18. The van der Waals surface area contributed by atoms with Gasteiger partial charge < -0.3 is 10.3 Å². The maximum atomic E-state index is 4.53. The lowest BCUT2D eigenvalue weighted by atomic mass is 10.1. The molecule has 0 amide bonds. The van der Waals surface area contributed by atoms with Gasteiger partial charge in [-0.1, -0.05) is 30.3 Å². The molecule has 0 spiro atoms. The van der Waals surface area contributed by atoms with Crippen LogP contribution in [0.4, 0.5) is 11.4 Å². The van der Waals surface area contributed by atoms with E-state index in [0.717, 1.165) is 32.6 Å². The summed E-state index contributed by atoms with van der Waals surface area (Å²) in [5, 5.41) is 4.64. The van der Waals surface area contributed by atoms with Gasteiger partial charge in [-0.15, -0.1) is 11.3 Å². The largest absolute Gasteiger partial charge is 0.355 e. The molecule has 0 unspecified atom stereocenters. The number of benzene rings is 2. The minimum atomic E-state index is 0.950. The molecule has 120 valence electrons. The second-order valence-electron chi connectivity index (χ2n) is 5.81. The first-order valence-electron chi connectivity index (χ1n) is 8.01. The van der Waals surface area contributed by atoms with Gasteiger partial charge in [0.2, 0.25) is 0 Å². The number of H-pyrrole nitrogens is 1. The molecule has 2 N–H and O–H groups in total. The number of anilines is 2. The van der Waals surface area contributed by atoms with Crippen LogP contribution in [-0.2, 0) is 0 Å². The fourth-order valence-corrected chi connectivity index (χ4v) is 3.99. The standard InChI is InChI=1S/C20H14N4S/c1-2-4-13(5-3-1)19-11-15-16(8-9-21-20(15)25-19)24-14-6-7-17-18(10-14)23-12-22-17/h1-12H,(H,21,24)(H,22,23). The summed E-state index contributed by atoms with van der Waals surface area (Å²) < 4.78 is 0. The number of fused-ring (bicyclic) bond motifs is 2. The number of pyridine rings is 1. The van der Waals surface area contributed by atoms with Crippen LogP contribution in [0.1, 0.15) is 0 Å². The monoisotopic (exact) mass is 342 g/mol. The normalized spacial score (nSPS) is 11.2. The van der Waals surface area contributed by atoms with Crippen LogP contribution in [0.3, 0.4) is 0 Å². The van der Waals surface area contributed by atoms with Crippen molar-refractivity contribution in [3.8, 4) is 10.4 Å². The molecule has 5 heteroatoms. The van der Waals surface area contributed by atoms with E-state index in [1.54, 1.807) is 17.7 Å². The van der Waals surface area contributed by atoms with E-state index in [1.807, 2.05) is 30.5 Å². The van der Waals surface area contributed by atoms with Crippen LogP contribution in [0.5, 0.6) is 0 Å². The number of nitrogens with zero attached hydrogens (tertiary/aromatic N) is 2. The maximum absolute atomic E-state index is 4.53. The van der Waals surface area contributed by atoms with Crippen LogP contribution in [0, 0.1) is 0 Å². The Morgan fingerprint density at radius 2 is 1.84 bits per heavy atom. The molecule has 3 aromatic heterocycles. The lowest BCUT2D eigenvalue weighted by Crippen LogP contribution is -1.91. The summed E-state index contributed by atoms with van der Waals surface area (Å²) >= 11 is 1.71. The molecule has 3 heterocycles. The van der Waals surface area contributed by atoms with E-state index in [2.05, 4.69) is 56.7 Å². The van der Waals surface area contributed by atoms with Gasteiger partial charge in [-0.05, 0) is 35.9 Å². The second-order valence-corrected chi connectivity index (χ2v) is 6.84. The molecule has 0 aliphatic heterocycles. The van der Waals surface area contributed by atoms with Gasteiger partial charge in [-0.2, -0.15) is 0 Å². The SMILES string of the molecule is c1ccc(-c2cc3c(Nc4ccc5[nH]cnc5c4)ccnc3s2)cc1. The predicted octanol–water partition coefficient (Wildman–Crippen LogP) is 5.58. The van der Waals surface area contributed by atoms with Crippen LogP contribution >= 0.6 is 11.3 Å². The fourth-order valence-electron chi connectivity index (χ4n) is 2.96. The number of thiophene rings is 1. The summed E-state index contributed by atoms with van der Waals surface area (Å²) in [6.45, 7) is 0. The fraction of sp³-hybridized carbons (Fsp3) is 0. The maximum Gasteiger partial charge on any atom is 0.125 e. The van der Waals surface area contributed by atoms with Gasteiger partial charge in [0, 0.05) is 22.1 Å². The van der Waals surface area contributed by atoms with Crippen LogP contribution in [0.2, 0.25) is 0 Å². The van der Waals surface area contributed by atoms with E-state index in [0.29, 0.717) is 0 Å². The molecule has 0 saturated carbocycles. The molecule has 5 rings (SSSR count). The summed E-state index contributed by atoms with van der Waals surface area (Å²) in [5.74, 6) is 0.